The van der Waals surface area contributed by atoms with Crippen LogP contribution in [0.15, 0.2) is 24.3 Å². The maximum Gasteiger partial charge on any atom is 0.303 e. The molecule has 2 N–H and O–H groups in total. The molecule has 5 nitrogen and oxygen atoms in total. The summed E-state index contributed by atoms with van der Waals surface area (Å²) in [6.45, 7) is 0.539. The van der Waals surface area contributed by atoms with Crippen molar-refractivity contribution in [3.63, 3.8) is 0 Å². The van der Waals surface area contributed by atoms with Crippen LogP contribution in [0.2, 0.25) is 0 Å². The van der Waals surface area contributed by atoms with Crippen molar-refractivity contribution in [2.45, 2.75) is 63.9 Å². The van der Waals surface area contributed by atoms with Gasteiger partial charge in [0, 0.05) is 19.4 Å². The predicted octanol–water partition coefficient (Wildman–Crippen LogP) is 3.31. The fraction of sp³-hybridized carbons (Fsp3) is 0.579. The van der Waals surface area contributed by atoms with E-state index in [1.165, 1.54) is 12.8 Å². The lowest BCUT2D eigenvalue weighted by Gasteiger charge is -2.13. The molecule has 132 valence electrons. The molecule has 24 heavy (non-hydrogen) atoms. The average molecular weight is 333 g/mol. The quantitative estimate of drug-likeness (QED) is 0.644. The zero-order chi connectivity index (χ0) is 17.2. The molecule has 1 aliphatic rings. The summed E-state index contributed by atoms with van der Waals surface area (Å²) >= 11 is 0. The van der Waals surface area contributed by atoms with E-state index in [0.717, 1.165) is 24.2 Å². The van der Waals surface area contributed by atoms with Crippen molar-refractivity contribution in [1.29, 1.82) is 0 Å². The number of hydrogen-bond acceptors (Lipinski definition) is 3. The first-order valence-electron chi connectivity index (χ1n) is 8.87. The third-order valence-corrected chi connectivity index (χ3v) is 4.28. The Morgan fingerprint density at radius 3 is 2.71 bits per heavy atom. The van der Waals surface area contributed by atoms with E-state index in [1.807, 2.05) is 24.3 Å². The summed E-state index contributed by atoms with van der Waals surface area (Å²) in [7, 11) is 0. The third kappa shape index (κ3) is 7.02. The van der Waals surface area contributed by atoms with Crippen LogP contribution in [-0.4, -0.2) is 29.6 Å². The van der Waals surface area contributed by atoms with Gasteiger partial charge in [0.2, 0.25) is 5.91 Å². The van der Waals surface area contributed by atoms with Gasteiger partial charge in [-0.2, -0.15) is 0 Å². The maximum absolute atomic E-state index is 11.8. The number of aliphatic carboxylic acids is 1. The number of hydrogen-bond donors (Lipinski definition) is 2. The van der Waals surface area contributed by atoms with E-state index in [0.29, 0.717) is 38.3 Å². The highest BCUT2D eigenvalue weighted by Gasteiger charge is 2.16. The first-order chi connectivity index (χ1) is 11.6. The second-order valence-electron chi connectivity index (χ2n) is 6.37. The number of rotatable bonds is 10. The summed E-state index contributed by atoms with van der Waals surface area (Å²) < 4.78 is 5.99. The number of amides is 1. The molecule has 1 amide bonds. The molecule has 0 aliphatic heterocycles. The van der Waals surface area contributed by atoms with Gasteiger partial charge in [0.1, 0.15) is 5.75 Å². The van der Waals surface area contributed by atoms with E-state index >= 15 is 0 Å². The van der Waals surface area contributed by atoms with Crippen LogP contribution < -0.4 is 10.1 Å². The third-order valence-electron chi connectivity index (χ3n) is 4.28. The largest absolute Gasteiger partial charge is 0.490 e. The van der Waals surface area contributed by atoms with Crippen LogP contribution in [-0.2, 0) is 16.0 Å². The summed E-state index contributed by atoms with van der Waals surface area (Å²) in [5.74, 6) is 0.113. The van der Waals surface area contributed by atoms with Crippen LogP contribution in [0.3, 0.4) is 0 Å². The van der Waals surface area contributed by atoms with Crippen LogP contribution >= 0.6 is 0 Å². The Labute approximate surface area is 143 Å². The summed E-state index contributed by atoms with van der Waals surface area (Å²) in [6.07, 6.45) is 7.67. The normalized spacial score (nSPS) is 14.5. The highest BCUT2D eigenvalue weighted by molar-refractivity contribution is 5.76. The van der Waals surface area contributed by atoms with Crippen molar-refractivity contribution < 1.29 is 19.4 Å². The molecule has 1 aromatic rings. The molecule has 2 rings (SSSR count). The fourth-order valence-corrected chi connectivity index (χ4v) is 2.95. The van der Waals surface area contributed by atoms with Crippen LogP contribution in [0, 0.1) is 0 Å². The zero-order valence-electron chi connectivity index (χ0n) is 14.1. The lowest BCUT2D eigenvalue weighted by atomic mass is 10.1. The van der Waals surface area contributed by atoms with Crippen molar-refractivity contribution in [2.24, 2.45) is 0 Å². The van der Waals surface area contributed by atoms with E-state index in [2.05, 4.69) is 5.32 Å². The molecule has 0 aromatic heterocycles. The van der Waals surface area contributed by atoms with Gasteiger partial charge in [0.05, 0.1) is 6.10 Å². The van der Waals surface area contributed by atoms with Gasteiger partial charge < -0.3 is 15.2 Å². The predicted molar refractivity (Wildman–Crippen MR) is 92.1 cm³/mol. The van der Waals surface area contributed by atoms with Gasteiger partial charge in [-0.25, -0.2) is 0 Å². The molecule has 0 saturated heterocycles. The van der Waals surface area contributed by atoms with E-state index in [1.54, 1.807) is 0 Å². The van der Waals surface area contributed by atoms with E-state index in [9.17, 15) is 9.59 Å². The standard InChI is InChI=1S/C19H27NO4/c21-18(20-13-4-3-10-19(22)23)12-11-15-6-5-9-17(14-15)24-16-7-1-2-8-16/h5-6,9,14,16H,1-4,7-8,10-13H2,(H,20,21)(H,22,23). The monoisotopic (exact) mass is 333 g/mol. The summed E-state index contributed by atoms with van der Waals surface area (Å²) in [4.78, 5) is 22.2. The number of carboxylic acid groups (broad SMARTS) is 1. The molecule has 0 radical (unpaired) electrons. The van der Waals surface area contributed by atoms with Gasteiger partial charge in [-0.15, -0.1) is 0 Å². The maximum atomic E-state index is 11.8. The van der Waals surface area contributed by atoms with E-state index < -0.39 is 5.97 Å². The Kier molecular flexibility index (Phi) is 7.59. The van der Waals surface area contributed by atoms with Crippen LogP contribution in [0.5, 0.6) is 5.75 Å². The van der Waals surface area contributed by atoms with Gasteiger partial charge in [-0.05, 0) is 62.6 Å². The zero-order valence-corrected chi connectivity index (χ0v) is 14.1. The number of ether oxygens (including phenoxy) is 1. The molecule has 0 spiro atoms. The molecular weight excluding hydrogens is 306 g/mol. The Morgan fingerprint density at radius 1 is 1.17 bits per heavy atom. The Balaban J connectivity index is 1.65. The molecule has 1 saturated carbocycles. The van der Waals surface area contributed by atoms with Crippen molar-refractivity contribution in [1.82, 2.24) is 5.32 Å². The molecule has 0 heterocycles. The Morgan fingerprint density at radius 2 is 1.96 bits per heavy atom. The topological polar surface area (TPSA) is 75.6 Å². The second-order valence-corrected chi connectivity index (χ2v) is 6.37. The SMILES string of the molecule is O=C(O)CCCCNC(=O)CCc1cccc(OC2CCCC2)c1. The van der Waals surface area contributed by atoms with Gasteiger partial charge in [-0.3, -0.25) is 9.59 Å². The first-order valence-corrected chi connectivity index (χ1v) is 8.87. The van der Waals surface area contributed by atoms with Crippen molar-refractivity contribution in [2.75, 3.05) is 6.54 Å². The molecule has 0 bridgehead atoms. The minimum atomic E-state index is -0.791. The van der Waals surface area contributed by atoms with Crippen molar-refractivity contribution in [3.05, 3.63) is 29.8 Å². The molecule has 0 atom stereocenters. The minimum absolute atomic E-state index is 0.00689. The second kappa shape index (κ2) is 9.96. The number of carbonyl (C=O) groups excluding carboxylic acids is 1. The molecule has 1 aliphatic carbocycles. The molecule has 1 aromatic carbocycles. The summed E-state index contributed by atoms with van der Waals surface area (Å²) in [5.41, 5.74) is 1.10. The van der Waals surface area contributed by atoms with Gasteiger partial charge in [-0.1, -0.05) is 12.1 Å². The number of carbonyl (C=O) groups is 2. The lowest BCUT2D eigenvalue weighted by molar-refractivity contribution is -0.137. The number of benzene rings is 1. The number of aryl methyl sites for hydroxylation is 1. The number of unbranched alkanes of at least 4 members (excludes halogenated alkanes) is 1. The average Bonchev–Trinajstić information content (AvgIpc) is 3.05. The van der Waals surface area contributed by atoms with Crippen LogP contribution in [0.1, 0.15) is 56.9 Å². The lowest BCUT2D eigenvalue weighted by Crippen LogP contribution is -2.24. The Hall–Kier alpha value is -2.04. The van der Waals surface area contributed by atoms with Gasteiger partial charge >= 0.3 is 5.97 Å². The van der Waals surface area contributed by atoms with Gasteiger partial charge in [0.25, 0.3) is 0 Å². The smallest absolute Gasteiger partial charge is 0.303 e. The van der Waals surface area contributed by atoms with Crippen LogP contribution in [0.4, 0.5) is 0 Å². The number of carboxylic acids is 1. The molecular formula is C19H27NO4. The highest BCUT2D eigenvalue weighted by atomic mass is 16.5. The van der Waals surface area contributed by atoms with E-state index in [4.69, 9.17) is 9.84 Å². The van der Waals surface area contributed by atoms with Crippen LogP contribution in [0.25, 0.3) is 0 Å². The fourth-order valence-electron chi connectivity index (χ4n) is 2.95. The summed E-state index contributed by atoms with van der Waals surface area (Å²) in [5, 5.41) is 11.4. The van der Waals surface area contributed by atoms with E-state index in [-0.39, 0.29) is 12.3 Å². The molecule has 5 heteroatoms. The van der Waals surface area contributed by atoms with Crippen molar-refractivity contribution in [3.8, 4) is 5.75 Å². The Bertz CT molecular complexity index is 538. The minimum Gasteiger partial charge on any atom is -0.490 e. The summed E-state index contributed by atoms with van der Waals surface area (Å²) in [6, 6.07) is 7.99. The van der Waals surface area contributed by atoms with Crippen molar-refractivity contribution >= 4 is 11.9 Å². The highest BCUT2D eigenvalue weighted by Crippen LogP contribution is 2.24. The molecule has 0 unspecified atom stereocenters. The number of nitrogens with one attached hydrogen (secondary N) is 1. The molecule has 1 fully saturated rings. The first kappa shape index (κ1) is 18.3. The van der Waals surface area contributed by atoms with Gasteiger partial charge in [0.15, 0.2) is 0 Å².